The lowest BCUT2D eigenvalue weighted by atomic mass is 9.94. The van der Waals surface area contributed by atoms with E-state index in [2.05, 4.69) is 29.8 Å². The van der Waals surface area contributed by atoms with Crippen molar-refractivity contribution in [3.8, 4) is 0 Å². The first kappa shape index (κ1) is 15.5. The van der Waals surface area contributed by atoms with Gasteiger partial charge in [-0.1, -0.05) is 32.0 Å². The van der Waals surface area contributed by atoms with Gasteiger partial charge in [-0.25, -0.2) is 0 Å². The zero-order valence-corrected chi connectivity index (χ0v) is 13.4. The van der Waals surface area contributed by atoms with Crippen LogP contribution in [0, 0.1) is 5.92 Å². The molecule has 5 heteroatoms. The van der Waals surface area contributed by atoms with E-state index >= 15 is 0 Å². The van der Waals surface area contributed by atoms with Gasteiger partial charge in [-0.2, -0.15) is 0 Å². The number of allylic oxidation sites excluding steroid dienone is 1. The van der Waals surface area contributed by atoms with Crippen molar-refractivity contribution in [1.82, 2.24) is 10.6 Å². The maximum atomic E-state index is 12.6. The number of nitrogens with one attached hydrogen (secondary N) is 3. The van der Waals surface area contributed by atoms with E-state index in [1.54, 1.807) is 0 Å². The van der Waals surface area contributed by atoms with E-state index in [1.165, 1.54) is 0 Å². The van der Waals surface area contributed by atoms with Gasteiger partial charge < -0.3 is 16.0 Å². The fourth-order valence-electron chi connectivity index (χ4n) is 2.46. The van der Waals surface area contributed by atoms with E-state index in [9.17, 15) is 4.79 Å². The Kier molecular flexibility index (Phi) is 4.96. The Morgan fingerprint density at radius 3 is 2.62 bits per heavy atom. The minimum atomic E-state index is -0.0909. The van der Waals surface area contributed by atoms with Gasteiger partial charge in [0.1, 0.15) is 0 Å². The number of carbonyl (C=O) groups is 1. The number of thiocarbonyl (C=S) groups is 1. The summed E-state index contributed by atoms with van der Waals surface area (Å²) in [5.41, 5.74) is 2.33. The lowest BCUT2D eigenvalue weighted by Gasteiger charge is -2.31. The third kappa shape index (κ3) is 4.04. The van der Waals surface area contributed by atoms with Gasteiger partial charge in [-0.3, -0.25) is 4.79 Å². The second kappa shape index (κ2) is 6.72. The maximum Gasteiger partial charge on any atom is 0.255 e. The molecule has 0 aromatic heterocycles. The van der Waals surface area contributed by atoms with Crippen LogP contribution >= 0.6 is 12.2 Å². The molecule has 0 aliphatic carbocycles. The predicted molar refractivity (Wildman–Crippen MR) is 89.9 cm³/mol. The maximum absolute atomic E-state index is 12.6. The number of amides is 1. The average molecular weight is 303 g/mol. The molecule has 0 saturated heterocycles. The fourth-order valence-corrected chi connectivity index (χ4v) is 2.76. The van der Waals surface area contributed by atoms with Gasteiger partial charge in [0, 0.05) is 11.4 Å². The zero-order valence-electron chi connectivity index (χ0n) is 12.6. The van der Waals surface area contributed by atoms with Crippen molar-refractivity contribution in [2.24, 2.45) is 5.92 Å². The van der Waals surface area contributed by atoms with Crippen LogP contribution < -0.4 is 16.0 Å². The van der Waals surface area contributed by atoms with Crippen LogP contribution in [0.2, 0.25) is 0 Å². The van der Waals surface area contributed by atoms with Crippen LogP contribution in [0.15, 0.2) is 41.6 Å². The van der Waals surface area contributed by atoms with Crippen LogP contribution in [-0.2, 0) is 4.79 Å². The molecule has 0 bridgehead atoms. The zero-order chi connectivity index (χ0) is 15.4. The van der Waals surface area contributed by atoms with E-state index in [0.717, 1.165) is 23.4 Å². The molecule has 1 atom stereocenters. The monoisotopic (exact) mass is 303 g/mol. The molecule has 1 amide bonds. The van der Waals surface area contributed by atoms with Crippen LogP contribution in [0.25, 0.3) is 0 Å². The number of benzene rings is 1. The van der Waals surface area contributed by atoms with Crippen LogP contribution in [-0.4, -0.2) is 17.1 Å². The lowest BCUT2D eigenvalue weighted by molar-refractivity contribution is -0.113. The van der Waals surface area contributed by atoms with Crippen molar-refractivity contribution in [1.29, 1.82) is 0 Å². The normalized spacial score (nSPS) is 18.3. The van der Waals surface area contributed by atoms with E-state index in [4.69, 9.17) is 12.2 Å². The van der Waals surface area contributed by atoms with Gasteiger partial charge in [0.05, 0.1) is 11.6 Å². The minimum absolute atomic E-state index is 0.0533. The van der Waals surface area contributed by atoms with Crippen molar-refractivity contribution >= 4 is 28.9 Å². The summed E-state index contributed by atoms with van der Waals surface area (Å²) in [6.07, 6.45) is 0.858. The Balaban J connectivity index is 2.22. The summed E-state index contributed by atoms with van der Waals surface area (Å²) in [5.74, 6) is 0.377. The molecule has 2 rings (SSSR count). The van der Waals surface area contributed by atoms with E-state index in [-0.39, 0.29) is 11.9 Å². The third-order valence-electron chi connectivity index (χ3n) is 3.34. The minimum Gasteiger partial charge on any atom is -0.355 e. The summed E-state index contributed by atoms with van der Waals surface area (Å²) >= 11 is 5.19. The fraction of sp³-hybridized carbons (Fsp3) is 0.375. The van der Waals surface area contributed by atoms with Gasteiger partial charge in [-0.05, 0) is 43.6 Å². The van der Waals surface area contributed by atoms with Crippen molar-refractivity contribution < 1.29 is 4.79 Å². The highest BCUT2D eigenvalue weighted by molar-refractivity contribution is 7.80. The predicted octanol–water partition coefficient (Wildman–Crippen LogP) is 2.79. The van der Waals surface area contributed by atoms with E-state index in [1.807, 2.05) is 37.3 Å². The molecule has 1 aliphatic rings. The summed E-state index contributed by atoms with van der Waals surface area (Å²) in [4.78, 5) is 12.6. The van der Waals surface area contributed by atoms with Crippen LogP contribution in [0.5, 0.6) is 0 Å². The molecule has 0 fully saturated rings. The second-order valence-electron chi connectivity index (χ2n) is 5.64. The molecular weight excluding hydrogens is 282 g/mol. The summed E-state index contributed by atoms with van der Waals surface area (Å²) in [7, 11) is 0. The molecular formula is C16H21N3OS. The smallest absolute Gasteiger partial charge is 0.255 e. The van der Waals surface area contributed by atoms with Crippen molar-refractivity contribution in [2.45, 2.75) is 33.2 Å². The molecule has 0 saturated carbocycles. The quantitative estimate of drug-likeness (QED) is 0.749. The summed E-state index contributed by atoms with van der Waals surface area (Å²) in [5, 5.41) is 9.75. The van der Waals surface area contributed by atoms with E-state index < -0.39 is 0 Å². The Labute approximate surface area is 131 Å². The first-order chi connectivity index (χ1) is 9.97. The molecule has 21 heavy (non-hydrogen) atoms. The van der Waals surface area contributed by atoms with Gasteiger partial charge >= 0.3 is 0 Å². The van der Waals surface area contributed by atoms with Gasteiger partial charge in [-0.15, -0.1) is 0 Å². The van der Waals surface area contributed by atoms with Gasteiger partial charge in [0.15, 0.2) is 5.11 Å². The Morgan fingerprint density at radius 2 is 2.00 bits per heavy atom. The molecule has 0 radical (unpaired) electrons. The van der Waals surface area contributed by atoms with E-state index in [0.29, 0.717) is 11.0 Å². The number of carbonyl (C=O) groups excluding carboxylic acids is 1. The number of rotatable bonds is 4. The molecule has 1 aromatic rings. The van der Waals surface area contributed by atoms with Crippen LogP contribution in [0.4, 0.5) is 5.69 Å². The van der Waals surface area contributed by atoms with Gasteiger partial charge in [0.2, 0.25) is 0 Å². The molecule has 1 heterocycles. The van der Waals surface area contributed by atoms with Gasteiger partial charge in [0.25, 0.3) is 5.91 Å². The number of anilines is 1. The molecule has 0 spiro atoms. The first-order valence-corrected chi connectivity index (χ1v) is 7.53. The molecule has 1 aromatic carbocycles. The van der Waals surface area contributed by atoms with Crippen molar-refractivity contribution in [2.75, 3.05) is 5.32 Å². The Hall–Kier alpha value is -1.88. The number of hydrogen-bond acceptors (Lipinski definition) is 2. The van der Waals surface area contributed by atoms with Crippen molar-refractivity contribution in [3.63, 3.8) is 0 Å². The largest absolute Gasteiger partial charge is 0.355 e. The average Bonchev–Trinajstić information content (AvgIpc) is 2.38. The lowest BCUT2D eigenvalue weighted by Crippen LogP contribution is -2.50. The second-order valence-corrected chi connectivity index (χ2v) is 6.05. The van der Waals surface area contributed by atoms with Crippen LogP contribution in [0.1, 0.15) is 27.2 Å². The highest BCUT2D eigenvalue weighted by Crippen LogP contribution is 2.20. The highest BCUT2D eigenvalue weighted by Gasteiger charge is 2.28. The third-order valence-corrected chi connectivity index (χ3v) is 3.56. The number of hydrogen-bond donors (Lipinski definition) is 3. The summed E-state index contributed by atoms with van der Waals surface area (Å²) in [6.45, 7) is 6.16. The molecule has 4 nitrogen and oxygen atoms in total. The SMILES string of the molecule is CC1=C(C(=O)Nc2ccccc2)C(CC(C)C)NC(=S)N1. The molecule has 1 unspecified atom stereocenters. The Bertz CT molecular complexity index is 566. The van der Waals surface area contributed by atoms with Crippen LogP contribution in [0.3, 0.4) is 0 Å². The molecule has 112 valence electrons. The highest BCUT2D eigenvalue weighted by atomic mass is 32.1. The summed E-state index contributed by atoms with van der Waals surface area (Å²) in [6, 6.07) is 9.41. The first-order valence-electron chi connectivity index (χ1n) is 7.12. The standard InChI is InChI=1S/C16H21N3OS/c1-10(2)9-13-14(11(3)17-16(21)19-13)15(20)18-12-7-5-4-6-8-12/h4-8,10,13H,9H2,1-3H3,(H,18,20)(H2,17,19,21). The topological polar surface area (TPSA) is 53.2 Å². The molecule has 1 aliphatic heterocycles. The number of para-hydroxylation sites is 1. The summed E-state index contributed by atoms with van der Waals surface area (Å²) < 4.78 is 0. The Morgan fingerprint density at radius 1 is 1.33 bits per heavy atom. The molecule has 3 N–H and O–H groups in total. The van der Waals surface area contributed by atoms with Crippen molar-refractivity contribution in [3.05, 3.63) is 41.6 Å².